The van der Waals surface area contributed by atoms with E-state index in [1.54, 1.807) is 6.20 Å². The van der Waals surface area contributed by atoms with Gasteiger partial charge in [-0.3, -0.25) is 0 Å². The maximum absolute atomic E-state index is 8.67. The normalized spacial score (nSPS) is 9.82. The molecule has 0 amide bonds. The first-order chi connectivity index (χ1) is 10.7. The van der Waals surface area contributed by atoms with Gasteiger partial charge >= 0.3 is 0 Å². The highest BCUT2D eigenvalue weighted by Gasteiger charge is 2.08. The van der Waals surface area contributed by atoms with Crippen LogP contribution in [-0.2, 0) is 6.54 Å². The van der Waals surface area contributed by atoms with Gasteiger partial charge in [-0.1, -0.05) is 36.5 Å². The van der Waals surface area contributed by atoms with Crippen molar-refractivity contribution in [3.8, 4) is 17.7 Å². The van der Waals surface area contributed by atoms with Crippen molar-refractivity contribution in [1.82, 2.24) is 9.88 Å². The van der Waals surface area contributed by atoms with E-state index in [0.717, 1.165) is 11.3 Å². The van der Waals surface area contributed by atoms with E-state index in [9.17, 15) is 0 Å². The molecule has 1 aromatic carbocycles. The number of pyridine rings is 1. The number of nitriles is 1. The van der Waals surface area contributed by atoms with Gasteiger partial charge in [0, 0.05) is 25.4 Å². The molecule has 22 heavy (non-hydrogen) atoms. The molecule has 0 N–H and O–H groups in total. The van der Waals surface area contributed by atoms with Crippen LogP contribution in [0.1, 0.15) is 12.0 Å². The average molecular weight is 329 g/mol. The predicted octanol–water partition coefficient (Wildman–Crippen LogP) is 3.80. The van der Waals surface area contributed by atoms with Crippen molar-refractivity contribution >= 4 is 29.2 Å². The van der Waals surface area contributed by atoms with E-state index in [0.29, 0.717) is 29.7 Å². The summed E-state index contributed by atoms with van der Waals surface area (Å²) in [5.74, 6) is 1.28. The van der Waals surface area contributed by atoms with Gasteiger partial charge in [-0.15, -0.1) is 12.6 Å². The van der Waals surface area contributed by atoms with Crippen LogP contribution in [0.4, 0.5) is 0 Å². The molecule has 0 aliphatic heterocycles. The molecule has 4 nitrogen and oxygen atoms in total. The van der Waals surface area contributed by atoms with E-state index in [2.05, 4.69) is 23.7 Å². The molecule has 0 saturated heterocycles. The number of hydrogen-bond acceptors (Lipinski definition) is 4. The summed E-state index contributed by atoms with van der Waals surface area (Å²) in [6, 6.07) is 15.3. The van der Waals surface area contributed by atoms with Gasteiger partial charge in [-0.05, 0) is 17.7 Å². The second-order valence-electron chi connectivity index (χ2n) is 4.53. The van der Waals surface area contributed by atoms with Crippen LogP contribution >= 0.6 is 24.8 Å². The molecule has 0 radical (unpaired) electrons. The van der Waals surface area contributed by atoms with Gasteiger partial charge in [-0.2, -0.15) is 5.26 Å². The minimum absolute atomic E-state index is 0.406. The minimum atomic E-state index is 0.406. The monoisotopic (exact) mass is 329 g/mol. The summed E-state index contributed by atoms with van der Waals surface area (Å²) in [6.45, 7) is 1.13. The van der Waals surface area contributed by atoms with Crippen LogP contribution < -0.4 is 4.74 Å². The highest BCUT2D eigenvalue weighted by molar-refractivity contribution is 8.10. The second kappa shape index (κ2) is 8.37. The van der Waals surface area contributed by atoms with Crippen LogP contribution in [0, 0.1) is 11.3 Å². The third-order valence-electron chi connectivity index (χ3n) is 2.90. The largest absolute Gasteiger partial charge is 0.439 e. The zero-order chi connectivity index (χ0) is 15.8. The quantitative estimate of drug-likeness (QED) is 0.645. The van der Waals surface area contributed by atoms with E-state index in [1.165, 1.54) is 0 Å². The summed E-state index contributed by atoms with van der Waals surface area (Å²) in [6.07, 6.45) is 2.15. The Morgan fingerprint density at radius 3 is 2.64 bits per heavy atom. The predicted molar refractivity (Wildman–Crippen MR) is 93.0 cm³/mol. The Balaban J connectivity index is 1.99. The number of benzene rings is 1. The Morgan fingerprint density at radius 1 is 1.27 bits per heavy atom. The first kappa shape index (κ1) is 16.3. The highest BCUT2D eigenvalue weighted by Crippen LogP contribution is 2.19. The number of rotatable bonds is 6. The van der Waals surface area contributed by atoms with Crippen LogP contribution in [-0.4, -0.2) is 20.7 Å². The first-order valence-electron chi connectivity index (χ1n) is 6.71. The van der Waals surface area contributed by atoms with Crippen LogP contribution in [0.5, 0.6) is 11.6 Å². The van der Waals surface area contributed by atoms with E-state index in [1.807, 2.05) is 47.4 Å². The lowest BCUT2D eigenvalue weighted by Gasteiger charge is -2.21. The maximum Gasteiger partial charge on any atom is 0.219 e. The minimum Gasteiger partial charge on any atom is -0.439 e. The molecule has 6 heteroatoms. The van der Waals surface area contributed by atoms with Gasteiger partial charge in [0.05, 0.1) is 12.5 Å². The molecule has 0 atom stereocenters. The fourth-order valence-corrected chi connectivity index (χ4v) is 2.15. The highest BCUT2D eigenvalue weighted by atomic mass is 32.1. The van der Waals surface area contributed by atoms with Crippen molar-refractivity contribution in [1.29, 1.82) is 5.26 Å². The van der Waals surface area contributed by atoms with E-state index < -0.39 is 0 Å². The van der Waals surface area contributed by atoms with Crippen molar-refractivity contribution < 1.29 is 4.74 Å². The number of ether oxygens (including phenoxy) is 1. The van der Waals surface area contributed by atoms with Gasteiger partial charge in [0.2, 0.25) is 5.88 Å². The lowest BCUT2D eigenvalue weighted by molar-refractivity contribution is 0.433. The molecule has 0 aliphatic carbocycles. The van der Waals surface area contributed by atoms with Gasteiger partial charge in [0.25, 0.3) is 0 Å². The standard InChI is InChI=1S/C16H15N3OS2/c17-9-4-10-19(16(21)22)12-13-7-8-15(18-11-13)20-14-5-2-1-3-6-14/h1-3,5-8,11H,4,10,12H2,(H,21,22). The number of thiocarbonyl (C=S) groups is 1. The summed E-state index contributed by atoms with van der Waals surface area (Å²) in [7, 11) is 0. The maximum atomic E-state index is 8.67. The smallest absolute Gasteiger partial charge is 0.219 e. The molecule has 0 fully saturated rings. The van der Waals surface area contributed by atoms with E-state index in [4.69, 9.17) is 22.2 Å². The number of nitrogens with zero attached hydrogens (tertiary/aromatic N) is 3. The second-order valence-corrected chi connectivity index (χ2v) is 5.64. The Hall–Kier alpha value is -2.10. The summed E-state index contributed by atoms with van der Waals surface area (Å²) in [5, 5.41) is 8.67. The van der Waals surface area contributed by atoms with Crippen molar-refractivity contribution in [2.24, 2.45) is 0 Å². The molecule has 0 unspecified atom stereocenters. The first-order valence-corrected chi connectivity index (χ1v) is 7.57. The number of hydrogen-bond donors (Lipinski definition) is 1. The fourth-order valence-electron chi connectivity index (χ4n) is 1.82. The molecular weight excluding hydrogens is 314 g/mol. The zero-order valence-corrected chi connectivity index (χ0v) is 13.6. The number of para-hydroxylation sites is 1. The fraction of sp³-hybridized carbons (Fsp3) is 0.188. The van der Waals surface area contributed by atoms with Crippen LogP contribution in [0.15, 0.2) is 48.7 Å². The third kappa shape index (κ3) is 5.02. The lowest BCUT2D eigenvalue weighted by atomic mass is 10.2. The Morgan fingerprint density at radius 2 is 2.05 bits per heavy atom. The third-order valence-corrected chi connectivity index (χ3v) is 3.44. The zero-order valence-electron chi connectivity index (χ0n) is 11.8. The van der Waals surface area contributed by atoms with Crippen LogP contribution in [0.2, 0.25) is 0 Å². The Labute approximate surface area is 140 Å². The molecule has 1 heterocycles. The lowest BCUT2D eigenvalue weighted by Crippen LogP contribution is -2.26. The topological polar surface area (TPSA) is 49.2 Å². The van der Waals surface area contributed by atoms with Gasteiger partial charge in [0.1, 0.15) is 10.1 Å². The Bertz CT molecular complexity index is 653. The van der Waals surface area contributed by atoms with Gasteiger partial charge < -0.3 is 9.64 Å². The summed E-state index contributed by atoms with van der Waals surface area (Å²) < 4.78 is 6.11. The molecule has 0 spiro atoms. The van der Waals surface area contributed by atoms with Gasteiger partial charge in [-0.25, -0.2) is 4.98 Å². The molecular formula is C16H15N3OS2. The molecule has 2 aromatic rings. The molecule has 2 rings (SSSR count). The number of thiol groups is 1. The molecule has 1 aromatic heterocycles. The van der Waals surface area contributed by atoms with Crippen LogP contribution in [0.25, 0.3) is 0 Å². The summed E-state index contributed by atoms with van der Waals surface area (Å²) in [4.78, 5) is 6.14. The summed E-state index contributed by atoms with van der Waals surface area (Å²) >= 11 is 9.26. The van der Waals surface area contributed by atoms with Crippen molar-refractivity contribution in [2.45, 2.75) is 13.0 Å². The van der Waals surface area contributed by atoms with Crippen molar-refractivity contribution in [3.63, 3.8) is 0 Å². The van der Waals surface area contributed by atoms with Crippen molar-refractivity contribution in [2.75, 3.05) is 6.54 Å². The summed E-state index contributed by atoms with van der Waals surface area (Å²) in [5.41, 5.74) is 0.981. The molecule has 0 bridgehead atoms. The average Bonchev–Trinajstić information content (AvgIpc) is 2.54. The van der Waals surface area contributed by atoms with E-state index in [-0.39, 0.29) is 0 Å². The van der Waals surface area contributed by atoms with Crippen molar-refractivity contribution in [3.05, 3.63) is 54.2 Å². The number of aromatic nitrogens is 1. The molecule has 0 saturated carbocycles. The van der Waals surface area contributed by atoms with Crippen LogP contribution in [0.3, 0.4) is 0 Å². The molecule has 0 aliphatic rings. The van der Waals surface area contributed by atoms with Gasteiger partial charge in [0.15, 0.2) is 0 Å². The SMILES string of the molecule is N#CCCN(Cc1ccc(Oc2ccccc2)nc1)C(=S)S. The van der Waals surface area contributed by atoms with E-state index >= 15 is 0 Å². The molecule has 112 valence electrons. The Kier molecular flexibility index (Phi) is 6.19.